The van der Waals surface area contributed by atoms with Crippen LogP contribution in [0.25, 0.3) is 0 Å². The zero-order chi connectivity index (χ0) is 19.3. The van der Waals surface area contributed by atoms with Crippen molar-refractivity contribution in [3.8, 4) is 17.2 Å². The second-order valence-electron chi connectivity index (χ2n) is 6.62. The van der Waals surface area contributed by atoms with Crippen LogP contribution in [0.2, 0.25) is 0 Å². The maximum Gasteiger partial charge on any atom is 0.258 e. The van der Waals surface area contributed by atoms with Gasteiger partial charge in [-0.05, 0) is 54.7 Å². The van der Waals surface area contributed by atoms with Gasteiger partial charge in [-0.3, -0.25) is 4.79 Å². The molecule has 3 rings (SSSR count). The summed E-state index contributed by atoms with van der Waals surface area (Å²) in [4.78, 5) is 12.2. The van der Waals surface area contributed by atoms with Crippen molar-refractivity contribution in [3.05, 3.63) is 53.6 Å². The van der Waals surface area contributed by atoms with Gasteiger partial charge in [0.05, 0.1) is 20.8 Å². The van der Waals surface area contributed by atoms with E-state index >= 15 is 0 Å². The van der Waals surface area contributed by atoms with Crippen LogP contribution in [-0.4, -0.2) is 38.4 Å². The van der Waals surface area contributed by atoms with Crippen molar-refractivity contribution in [2.24, 2.45) is 0 Å². The molecule has 1 unspecified atom stereocenters. The molecule has 1 amide bonds. The van der Waals surface area contributed by atoms with Crippen molar-refractivity contribution < 1.29 is 24.1 Å². The molecule has 27 heavy (non-hydrogen) atoms. The summed E-state index contributed by atoms with van der Waals surface area (Å²) in [6.07, 6.45) is 2.34. The fraction of sp³-hybridized carbons (Fsp3) is 0.381. The van der Waals surface area contributed by atoms with Gasteiger partial charge in [0, 0.05) is 0 Å². The highest BCUT2D eigenvalue weighted by Gasteiger charge is 2.34. The summed E-state index contributed by atoms with van der Waals surface area (Å²) in [5.41, 5.74) is 0.822. The predicted molar refractivity (Wildman–Crippen MR) is 101 cm³/mol. The van der Waals surface area contributed by atoms with Crippen LogP contribution in [0.4, 0.5) is 0 Å². The molecule has 2 N–H and O–H groups in total. The van der Waals surface area contributed by atoms with E-state index in [1.807, 2.05) is 30.3 Å². The summed E-state index contributed by atoms with van der Waals surface area (Å²) in [7, 11) is 3.17. The summed E-state index contributed by atoms with van der Waals surface area (Å²) < 4.78 is 16.0. The maximum absolute atomic E-state index is 12.2. The molecule has 0 spiro atoms. The molecule has 0 radical (unpaired) electrons. The summed E-state index contributed by atoms with van der Waals surface area (Å²) in [6, 6.07) is 12.8. The maximum atomic E-state index is 12.2. The monoisotopic (exact) mass is 371 g/mol. The molecular formula is C21H25NO5. The highest BCUT2D eigenvalue weighted by atomic mass is 16.5. The summed E-state index contributed by atoms with van der Waals surface area (Å²) in [5, 5.41) is 13.9. The minimum atomic E-state index is -1.08. The molecule has 2 aromatic rings. The summed E-state index contributed by atoms with van der Waals surface area (Å²) >= 11 is 0. The minimum Gasteiger partial charge on any atom is -0.497 e. The molecule has 1 atom stereocenters. The van der Waals surface area contributed by atoms with Crippen LogP contribution < -0.4 is 19.5 Å². The summed E-state index contributed by atoms with van der Waals surface area (Å²) in [5.74, 6) is 1.55. The number of methoxy groups -OCH3 is 2. The van der Waals surface area contributed by atoms with Gasteiger partial charge in [-0.2, -0.15) is 0 Å². The van der Waals surface area contributed by atoms with E-state index in [2.05, 4.69) is 5.32 Å². The molecule has 6 heteroatoms. The smallest absolute Gasteiger partial charge is 0.258 e. The van der Waals surface area contributed by atoms with E-state index in [1.165, 1.54) is 0 Å². The van der Waals surface area contributed by atoms with Crippen molar-refractivity contribution in [1.29, 1.82) is 0 Å². The predicted octanol–water partition coefficient (Wildman–Crippen LogP) is 2.42. The van der Waals surface area contributed by atoms with Gasteiger partial charge in [0.15, 0.2) is 18.1 Å². The first-order valence-corrected chi connectivity index (χ1v) is 8.98. The first kappa shape index (κ1) is 19.0. The van der Waals surface area contributed by atoms with Crippen molar-refractivity contribution in [1.82, 2.24) is 5.32 Å². The fourth-order valence-corrected chi connectivity index (χ4v) is 3.42. The number of para-hydroxylation sites is 2. The number of rotatable bonds is 7. The third-order valence-corrected chi connectivity index (χ3v) is 4.86. The van der Waals surface area contributed by atoms with Gasteiger partial charge in [0.2, 0.25) is 0 Å². The molecule has 0 heterocycles. The summed E-state index contributed by atoms with van der Waals surface area (Å²) in [6.45, 7) is -0.00757. The SMILES string of the molecule is COc1ccc2c(c1)CCCC2(O)CNC(=O)COc1ccccc1OC. The van der Waals surface area contributed by atoms with Crippen molar-refractivity contribution in [2.45, 2.75) is 24.9 Å². The third-order valence-electron chi connectivity index (χ3n) is 4.86. The molecule has 0 aromatic heterocycles. The number of amides is 1. The van der Waals surface area contributed by atoms with Crippen molar-refractivity contribution >= 4 is 5.91 Å². The fourth-order valence-electron chi connectivity index (χ4n) is 3.42. The van der Waals surface area contributed by atoms with Gasteiger partial charge in [-0.25, -0.2) is 0 Å². The Balaban J connectivity index is 1.60. The van der Waals surface area contributed by atoms with Gasteiger partial charge in [-0.1, -0.05) is 18.2 Å². The molecule has 0 saturated heterocycles. The number of aliphatic hydroxyl groups is 1. The second kappa shape index (κ2) is 8.31. The molecule has 144 valence electrons. The van der Waals surface area contributed by atoms with E-state index in [0.29, 0.717) is 17.9 Å². The molecule has 0 aliphatic heterocycles. The Morgan fingerprint density at radius 2 is 1.93 bits per heavy atom. The highest BCUT2D eigenvalue weighted by molar-refractivity contribution is 5.77. The lowest BCUT2D eigenvalue weighted by atomic mass is 9.79. The molecule has 1 aliphatic carbocycles. The number of carbonyl (C=O) groups is 1. The topological polar surface area (TPSA) is 77.0 Å². The molecule has 1 aliphatic rings. The number of benzene rings is 2. The van der Waals surface area contributed by atoms with Gasteiger partial charge in [0.25, 0.3) is 5.91 Å². The Hall–Kier alpha value is -2.73. The molecule has 0 bridgehead atoms. The van der Waals surface area contributed by atoms with Crippen molar-refractivity contribution in [3.63, 3.8) is 0 Å². The van der Waals surface area contributed by atoms with Crippen LogP contribution >= 0.6 is 0 Å². The molecule has 2 aromatic carbocycles. The van der Waals surface area contributed by atoms with Gasteiger partial charge in [-0.15, -0.1) is 0 Å². The lowest BCUT2D eigenvalue weighted by molar-refractivity contribution is -0.124. The van der Waals surface area contributed by atoms with E-state index in [1.54, 1.807) is 26.4 Å². The van der Waals surface area contributed by atoms with Crippen molar-refractivity contribution in [2.75, 3.05) is 27.4 Å². The lowest BCUT2D eigenvalue weighted by Gasteiger charge is -2.34. The van der Waals surface area contributed by atoms with Gasteiger partial charge >= 0.3 is 0 Å². The van der Waals surface area contributed by atoms with E-state index in [0.717, 1.165) is 29.7 Å². The number of aryl methyl sites for hydroxylation is 1. The number of hydrogen-bond acceptors (Lipinski definition) is 5. The van der Waals surface area contributed by atoms with Gasteiger partial charge < -0.3 is 24.6 Å². The Kier molecular flexibility index (Phi) is 5.86. The van der Waals surface area contributed by atoms with E-state index in [-0.39, 0.29) is 19.1 Å². The van der Waals surface area contributed by atoms with Crippen LogP contribution in [0.5, 0.6) is 17.2 Å². The Labute approximate surface area is 159 Å². The number of fused-ring (bicyclic) bond motifs is 1. The number of hydrogen-bond donors (Lipinski definition) is 2. The van der Waals surface area contributed by atoms with E-state index in [4.69, 9.17) is 14.2 Å². The van der Waals surface area contributed by atoms with Crippen LogP contribution in [0.15, 0.2) is 42.5 Å². The number of carbonyl (C=O) groups excluding carboxylic acids is 1. The standard InChI is InChI=1S/C21H25NO5/c1-25-16-9-10-17-15(12-16)6-5-11-21(17,24)14-22-20(23)13-27-19-8-4-3-7-18(19)26-2/h3-4,7-10,12,24H,5-6,11,13-14H2,1-2H3,(H,22,23). The molecule has 6 nitrogen and oxygen atoms in total. The molecule has 0 saturated carbocycles. The molecule has 0 fully saturated rings. The number of ether oxygens (including phenoxy) is 3. The average molecular weight is 371 g/mol. The van der Waals surface area contributed by atoms with E-state index < -0.39 is 5.60 Å². The van der Waals surface area contributed by atoms with Gasteiger partial charge in [0.1, 0.15) is 11.4 Å². The van der Waals surface area contributed by atoms with Crippen LogP contribution in [-0.2, 0) is 16.8 Å². The average Bonchev–Trinajstić information content (AvgIpc) is 2.70. The normalized spacial score (nSPS) is 18.3. The van der Waals surface area contributed by atoms with E-state index in [9.17, 15) is 9.90 Å². The van der Waals surface area contributed by atoms with Crippen LogP contribution in [0.3, 0.4) is 0 Å². The zero-order valence-corrected chi connectivity index (χ0v) is 15.7. The minimum absolute atomic E-state index is 0.139. The van der Waals surface area contributed by atoms with Crippen LogP contribution in [0.1, 0.15) is 24.0 Å². The lowest BCUT2D eigenvalue weighted by Crippen LogP contribution is -2.44. The highest BCUT2D eigenvalue weighted by Crippen LogP contribution is 2.36. The largest absolute Gasteiger partial charge is 0.497 e. The van der Waals surface area contributed by atoms with Crippen LogP contribution in [0, 0.1) is 0 Å². The zero-order valence-electron chi connectivity index (χ0n) is 15.7. The Morgan fingerprint density at radius 1 is 1.15 bits per heavy atom. The first-order chi connectivity index (χ1) is 13.1. The Bertz CT molecular complexity index is 807. The first-order valence-electron chi connectivity index (χ1n) is 8.98. The second-order valence-corrected chi connectivity index (χ2v) is 6.62. The third kappa shape index (κ3) is 4.34. The molecular weight excluding hydrogens is 346 g/mol. The quantitative estimate of drug-likeness (QED) is 0.782. The Morgan fingerprint density at radius 3 is 2.67 bits per heavy atom. The number of nitrogens with one attached hydrogen (secondary N) is 1.